The van der Waals surface area contributed by atoms with E-state index in [1.165, 1.54) is 199 Å². The first-order valence-corrected chi connectivity index (χ1v) is 29.0. The maximum Gasteiger partial charge on any atom is 0.306 e. The standard InChI is InChI=1S/C60H110O6/c1-4-7-10-13-16-18-20-22-24-26-27-28-29-30-31-32-33-35-36-38-40-42-44-47-50-53-59(62)65-56-57(55-64-58(61)52-49-46-15-12-9-6-3)66-60(63)54-51-48-45-43-41-39-37-34-25-23-21-19-17-14-11-8-5-2/h20,22,26-27,29-30,57H,4-19,21,23-25,28,31-56H2,1-3H3/b22-20-,27-26-,30-29-. The molecule has 0 bridgehead atoms. The van der Waals surface area contributed by atoms with Gasteiger partial charge in [0.2, 0.25) is 0 Å². The first-order chi connectivity index (χ1) is 32.5. The first-order valence-electron chi connectivity index (χ1n) is 29.0. The van der Waals surface area contributed by atoms with Crippen molar-refractivity contribution in [1.29, 1.82) is 0 Å². The normalized spacial score (nSPS) is 12.2. The van der Waals surface area contributed by atoms with Crippen LogP contribution in [-0.2, 0) is 28.6 Å². The third kappa shape index (κ3) is 52.6. The molecule has 0 aromatic rings. The number of hydrogen-bond donors (Lipinski definition) is 0. The molecule has 0 N–H and O–H groups in total. The van der Waals surface area contributed by atoms with Crippen LogP contribution in [0.25, 0.3) is 0 Å². The van der Waals surface area contributed by atoms with E-state index >= 15 is 0 Å². The van der Waals surface area contributed by atoms with Crippen molar-refractivity contribution in [3.8, 4) is 0 Å². The van der Waals surface area contributed by atoms with Crippen LogP contribution in [-0.4, -0.2) is 37.2 Å². The van der Waals surface area contributed by atoms with E-state index in [-0.39, 0.29) is 31.1 Å². The molecule has 66 heavy (non-hydrogen) atoms. The minimum atomic E-state index is -0.767. The lowest BCUT2D eigenvalue weighted by atomic mass is 10.0. The molecule has 6 heteroatoms. The van der Waals surface area contributed by atoms with E-state index in [1.807, 2.05) is 0 Å². The summed E-state index contributed by atoms with van der Waals surface area (Å²) >= 11 is 0. The van der Waals surface area contributed by atoms with Gasteiger partial charge < -0.3 is 14.2 Å². The van der Waals surface area contributed by atoms with Gasteiger partial charge in [-0.25, -0.2) is 0 Å². The Bertz CT molecular complexity index is 1110. The van der Waals surface area contributed by atoms with Crippen molar-refractivity contribution in [3.05, 3.63) is 36.5 Å². The van der Waals surface area contributed by atoms with Gasteiger partial charge in [-0.05, 0) is 57.8 Å². The van der Waals surface area contributed by atoms with E-state index in [4.69, 9.17) is 14.2 Å². The minimum absolute atomic E-state index is 0.0700. The second-order valence-electron chi connectivity index (χ2n) is 19.6. The highest BCUT2D eigenvalue weighted by molar-refractivity contribution is 5.71. The number of hydrogen-bond acceptors (Lipinski definition) is 6. The largest absolute Gasteiger partial charge is 0.462 e. The quantitative estimate of drug-likeness (QED) is 0.0262. The van der Waals surface area contributed by atoms with Gasteiger partial charge in [-0.2, -0.15) is 0 Å². The van der Waals surface area contributed by atoms with Gasteiger partial charge in [0.15, 0.2) is 6.10 Å². The van der Waals surface area contributed by atoms with Crippen molar-refractivity contribution in [2.45, 2.75) is 316 Å². The predicted molar refractivity (Wildman–Crippen MR) is 284 cm³/mol. The number of carbonyl (C=O) groups excluding carboxylic acids is 3. The Labute approximate surface area is 410 Å². The fraction of sp³-hybridized carbons (Fsp3) is 0.850. The van der Waals surface area contributed by atoms with Gasteiger partial charge in [0, 0.05) is 19.3 Å². The Morgan fingerprint density at radius 2 is 0.545 bits per heavy atom. The van der Waals surface area contributed by atoms with Crippen molar-refractivity contribution in [3.63, 3.8) is 0 Å². The lowest BCUT2D eigenvalue weighted by Gasteiger charge is -2.18. The number of rotatable bonds is 53. The maximum absolute atomic E-state index is 12.8. The van der Waals surface area contributed by atoms with E-state index in [9.17, 15) is 14.4 Å². The lowest BCUT2D eigenvalue weighted by Crippen LogP contribution is -2.30. The van der Waals surface area contributed by atoms with Crippen LogP contribution < -0.4 is 0 Å². The second-order valence-corrected chi connectivity index (χ2v) is 19.6. The summed E-state index contributed by atoms with van der Waals surface area (Å²) in [7, 11) is 0. The van der Waals surface area contributed by atoms with Gasteiger partial charge in [-0.3, -0.25) is 14.4 Å². The Morgan fingerprint density at radius 1 is 0.303 bits per heavy atom. The van der Waals surface area contributed by atoms with Gasteiger partial charge in [0.05, 0.1) is 0 Å². The number of ether oxygens (including phenoxy) is 3. The predicted octanol–water partition coefficient (Wildman–Crippen LogP) is 19.3. The van der Waals surface area contributed by atoms with Gasteiger partial charge >= 0.3 is 17.9 Å². The third-order valence-corrected chi connectivity index (χ3v) is 12.9. The van der Waals surface area contributed by atoms with Crippen molar-refractivity contribution in [2.75, 3.05) is 13.2 Å². The summed E-state index contributed by atoms with van der Waals surface area (Å²) in [5.74, 6) is -0.867. The van der Waals surface area contributed by atoms with Crippen LogP contribution in [0, 0.1) is 0 Å². The third-order valence-electron chi connectivity index (χ3n) is 12.9. The molecule has 0 aliphatic carbocycles. The highest BCUT2D eigenvalue weighted by Crippen LogP contribution is 2.17. The molecule has 0 fully saturated rings. The summed E-state index contributed by atoms with van der Waals surface area (Å²) in [6, 6.07) is 0. The molecular weight excluding hydrogens is 817 g/mol. The summed E-state index contributed by atoms with van der Waals surface area (Å²) < 4.78 is 16.8. The lowest BCUT2D eigenvalue weighted by molar-refractivity contribution is -0.167. The monoisotopic (exact) mass is 927 g/mol. The molecule has 0 aliphatic rings. The van der Waals surface area contributed by atoms with Crippen molar-refractivity contribution in [2.24, 2.45) is 0 Å². The van der Waals surface area contributed by atoms with Gasteiger partial charge in [-0.1, -0.05) is 269 Å². The Hall–Kier alpha value is -2.37. The molecule has 0 aromatic carbocycles. The van der Waals surface area contributed by atoms with Crippen molar-refractivity contribution < 1.29 is 28.6 Å². The average molecular weight is 928 g/mol. The molecular formula is C60H110O6. The number of allylic oxidation sites excluding steroid dienone is 6. The Morgan fingerprint density at radius 3 is 0.848 bits per heavy atom. The van der Waals surface area contributed by atoms with Crippen LogP contribution in [0.4, 0.5) is 0 Å². The molecule has 0 spiro atoms. The van der Waals surface area contributed by atoms with Gasteiger partial charge in [0.25, 0.3) is 0 Å². The summed E-state index contributed by atoms with van der Waals surface area (Å²) in [5, 5.41) is 0. The van der Waals surface area contributed by atoms with Crippen LogP contribution in [0.5, 0.6) is 0 Å². The van der Waals surface area contributed by atoms with E-state index < -0.39 is 6.10 Å². The van der Waals surface area contributed by atoms with E-state index in [0.29, 0.717) is 19.3 Å². The van der Waals surface area contributed by atoms with Crippen LogP contribution in [0.15, 0.2) is 36.5 Å². The second kappa shape index (κ2) is 55.2. The molecule has 0 amide bonds. The zero-order chi connectivity index (χ0) is 47.9. The molecule has 6 nitrogen and oxygen atoms in total. The highest BCUT2D eigenvalue weighted by Gasteiger charge is 2.19. The molecule has 0 rings (SSSR count). The number of unbranched alkanes of at least 4 members (excludes halogenated alkanes) is 36. The summed E-state index contributed by atoms with van der Waals surface area (Å²) in [6.07, 6.45) is 66.0. The Balaban J connectivity index is 4.10. The summed E-state index contributed by atoms with van der Waals surface area (Å²) in [6.45, 7) is 6.60. The molecule has 0 radical (unpaired) electrons. The molecule has 0 heterocycles. The smallest absolute Gasteiger partial charge is 0.306 e. The zero-order valence-corrected chi connectivity index (χ0v) is 44.2. The van der Waals surface area contributed by atoms with Crippen molar-refractivity contribution >= 4 is 17.9 Å². The van der Waals surface area contributed by atoms with Gasteiger partial charge in [0.1, 0.15) is 13.2 Å². The summed E-state index contributed by atoms with van der Waals surface area (Å²) in [5.41, 5.74) is 0. The van der Waals surface area contributed by atoms with E-state index in [0.717, 1.165) is 70.6 Å². The molecule has 0 aromatic heterocycles. The Kier molecular flexibility index (Phi) is 53.2. The topological polar surface area (TPSA) is 78.9 Å². The molecule has 0 aliphatic heterocycles. The zero-order valence-electron chi connectivity index (χ0n) is 44.2. The molecule has 1 atom stereocenters. The molecule has 1 unspecified atom stereocenters. The summed E-state index contributed by atoms with van der Waals surface area (Å²) in [4.78, 5) is 37.9. The van der Waals surface area contributed by atoms with Crippen LogP contribution in [0.2, 0.25) is 0 Å². The fourth-order valence-corrected chi connectivity index (χ4v) is 8.51. The molecule has 386 valence electrons. The SMILES string of the molecule is CCCCCCC/C=C\C/C=C\C/C=C\CCCCCCCCCCCCC(=O)OCC(COC(=O)CCCCCCCC)OC(=O)CCCCCCCCCCCCCCCCCCC. The van der Waals surface area contributed by atoms with Crippen LogP contribution in [0.3, 0.4) is 0 Å². The highest BCUT2D eigenvalue weighted by atomic mass is 16.6. The molecule has 0 saturated carbocycles. The minimum Gasteiger partial charge on any atom is -0.462 e. The number of carbonyl (C=O) groups is 3. The maximum atomic E-state index is 12.8. The first kappa shape index (κ1) is 63.6. The van der Waals surface area contributed by atoms with Gasteiger partial charge in [-0.15, -0.1) is 0 Å². The van der Waals surface area contributed by atoms with Crippen LogP contribution >= 0.6 is 0 Å². The van der Waals surface area contributed by atoms with E-state index in [1.54, 1.807) is 0 Å². The van der Waals surface area contributed by atoms with Crippen LogP contribution in [0.1, 0.15) is 310 Å². The fourth-order valence-electron chi connectivity index (χ4n) is 8.51. The van der Waals surface area contributed by atoms with Crippen molar-refractivity contribution in [1.82, 2.24) is 0 Å². The molecule has 0 saturated heterocycles. The average Bonchev–Trinajstić information content (AvgIpc) is 3.31. The number of esters is 3. The van der Waals surface area contributed by atoms with E-state index in [2.05, 4.69) is 57.2 Å².